The Labute approximate surface area is 338 Å². The lowest BCUT2D eigenvalue weighted by Crippen LogP contribution is -2.38. The van der Waals surface area contributed by atoms with Gasteiger partial charge in [0, 0.05) is 0 Å². The lowest BCUT2D eigenvalue weighted by atomic mass is 9.77. The van der Waals surface area contributed by atoms with Crippen LogP contribution >= 0.6 is 0 Å². The molecule has 0 aliphatic carbocycles. The zero-order valence-corrected chi connectivity index (χ0v) is 32.3. The molecule has 8 rings (SSSR count). The van der Waals surface area contributed by atoms with Crippen LogP contribution in [-0.2, 0) is 20.7 Å². The van der Waals surface area contributed by atoms with Crippen LogP contribution in [0.4, 0.5) is 5.82 Å². The summed E-state index contributed by atoms with van der Waals surface area (Å²) >= 11 is 0. The SMILES string of the molecule is COc1ccc(C(Nc2ncnc3c2ncn3C(C=O)CCOC(c2ccccc2)(c2ccccc2)c2ccc(OC)cc2)(c2ccccc2)c2ccccc2)cc1. The van der Waals surface area contributed by atoms with Gasteiger partial charge < -0.3 is 28.9 Å². The molecule has 1 N–H and O–H groups in total. The third kappa shape index (κ3) is 7.08. The van der Waals surface area contributed by atoms with E-state index in [-0.39, 0.29) is 6.61 Å². The van der Waals surface area contributed by atoms with Crippen molar-refractivity contribution >= 4 is 23.3 Å². The molecule has 288 valence electrons. The number of rotatable bonds is 16. The molecular formula is C49H43N5O4. The summed E-state index contributed by atoms with van der Waals surface area (Å²) in [5.74, 6) is 2.01. The predicted molar refractivity (Wildman–Crippen MR) is 226 cm³/mol. The van der Waals surface area contributed by atoms with Crippen LogP contribution in [0.2, 0.25) is 0 Å². The molecular weight excluding hydrogens is 723 g/mol. The van der Waals surface area contributed by atoms with Gasteiger partial charge in [-0.25, -0.2) is 15.0 Å². The van der Waals surface area contributed by atoms with Crippen molar-refractivity contribution in [1.82, 2.24) is 19.5 Å². The summed E-state index contributed by atoms with van der Waals surface area (Å²) < 4.78 is 19.9. The number of carbonyl (C=O) groups excluding carboxylic acids is 1. The number of nitrogens with zero attached hydrogens (tertiary/aromatic N) is 4. The number of methoxy groups -OCH3 is 2. The lowest BCUT2D eigenvalue weighted by Gasteiger charge is -2.37. The predicted octanol–water partition coefficient (Wildman–Crippen LogP) is 9.39. The maximum Gasteiger partial charge on any atom is 0.166 e. The van der Waals surface area contributed by atoms with Crippen LogP contribution in [0, 0.1) is 0 Å². The van der Waals surface area contributed by atoms with Gasteiger partial charge in [-0.1, -0.05) is 146 Å². The van der Waals surface area contributed by atoms with Gasteiger partial charge in [0.15, 0.2) is 11.5 Å². The molecule has 0 aliphatic rings. The number of carbonyl (C=O) groups is 1. The maximum atomic E-state index is 13.0. The van der Waals surface area contributed by atoms with E-state index in [0.717, 1.165) is 51.2 Å². The summed E-state index contributed by atoms with van der Waals surface area (Å²) in [6, 6.07) is 56.1. The average Bonchev–Trinajstić information content (AvgIpc) is 3.74. The van der Waals surface area contributed by atoms with E-state index in [0.29, 0.717) is 23.4 Å². The summed E-state index contributed by atoms with van der Waals surface area (Å²) in [4.78, 5) is 27.3. The van der Waals surface area contributed by atoms with E-state index in [1.807, 2.05) is 109 Å². The van der Waals surface area contributed by atoms with Crippen molar-refractivity contribution in [3.05, 3.63) is 216 Å². The van der Waals surface area contributed by atoms with Gasteiger partial charge in [0.25, 0.3) is 0 Å². The summed E-state index contributed by atoms with van der Waals surface area (Å²) in [6.07, 6.45) is 4.45. The number of anilines is 1. The highest BCUT2D eigenvalue weighted by atomic mass is 16.5. The van der Waals surface area contributed by atoms with Crippen LogP contribution in [0.25, 0.3) is 11.2 Å². The Kier molecular flexibility index (Phi) is 11.0. The molecule has 9 heteroatoms. The zero-order valence-electron chi connectivity index (χ0n) is 32.3. The third-order valence-corrected chi connectivity index (χ3v) is 10.7. The van der Waals surface area contributed by atoms with Crippen LogP contribution in [-0.4, -0.2) is 46.6 Å². The number of fused-ring (bicyclic) bond motifs is 1. The number of imidazole rings is 1. The van der Waals surface area contributed by atoms with Gasteiger partial charge >= 0.3 is 0 Å². The van der Waals surface area contributed by atoms with Crippen molar-refractivity contribution in [2.75, 3.05) is 26.1 Å². The number of nitrogens with one attached hydrogen (secondary N) is 1. The molecule has 58 heavy (non-hydrogen) atoms. The molecule has 0 saturated carbocycles. The molecule has 8 aromatic rings. The van der Waals surface area contributed by atoms with E-state index in [1.165, 1.54) is 6.33 Å². The fourth-order valence-electron chi connectivity index (χ4n) is 7.82. The Morgan fingerprint density at radius 1 is 0.586 bits per heavy atom. The molecule has 9 nitrogen and oxygen atoms in total. The second-order valence-corrected chi connectivity index (χ2v) is 13.9. The second kappa shape index (κ2) is 17.0. The first-order valence-corrected chi connectivity index (χ1v) is 19.2. The Morgan fingerprint density at radius 3 is 1.52 bits per heavy atom. The second-order valence-electron chi connectivity index (χ2n) is 13.9. The van der Waals surface area contributed by atoms with Crippen LogP contribution < -0.4 is 14.8 Å². The van der Waals surface area contributed by atoms with E-state index >= 15 is 0 Å². The minimum Gasteiger partial charge on any atom is -0.497 e. The molecule has 0 radical (unpaired) electrons. The van der Waals surface area contributed by atoms with E-state index < -0.39 is 17.2 Å². The third-order valence-electron chi connectivity index (χ3n) is 10.7. The fraction of sp³-hybridized carbons (Fsp3) is 0.143. The van der Waals surface area contributed by atoms with Crippen molar-refractivity contribution < 1.29 is 19.0 Å². The molecule has 2 heterocycles. The summed E-state index contributed by atoms with van der Waals surface area (Å²) in [7, 11) is 3.31. The van der Waals surface area contributed by atoms with Crippen molar-refractivity contribution in [3.63, 3.8) is 0 Å². The Hall–Kier alpha value is -7.10. The average molecular weight is 766 g/mol. The van der Waals surface area contributed by atoms with Gasteiger partial charge in [-0.15, -0.1) is 0 Å². The van der Waals surface area contributed by atoms with Gasteiger partial charge in [0.05, 0.1) is 33.2 Å². The minimum atomic E-state index is -0.974. The highest BCUT2D eigenvalue weighted by Gasteiger charge is 2.39. The smallest absolute Gasteiger partial charge is 0.166 e. The molecule has 0 saturated heterocycles. The van der Waals surface area contributed by atoms with Crippen LogP contribution in [0.15, 0.2) is 183 Å². The van der Waals surface area contributed by atoms with Gasteiger partial charge in [0.1, 0.15) is 40.8 Å². The van der Waals surface area contributed by atoms with Crippen molar-refractivity contribution in [2.45, 2.75) is 23.6 Å². The minimum absolute atomic E-state index is 0.234. The molecule has 2 aromatic heterocycles. The normalized spacial score (nSPS) is 12.2. The van der Waals surface area contributed by atoms with Gasteiger partial charge in [0.2, 0.25) is 0 Å². The fourth-order valence-corrected chi connectivity index (χ4v) is 7.82. The maximum absolute atomic E-state index is 13.0. The zero-order chi connectivity index (χ0) is 39.8. The van der Waals surface area contributed by atoms with Crippen molar-refractivity contribution in [2.24, 2.45) is 0 Å². The molecule has 0 fully saturated rings. The number of aldehydes is 1. The van der Waals surface area contributed by atoms with Crippen molar-refractivity contribution in [1.29, 1.82) is 0 Å². The number of hydrogen-bond donors (Lipinski definition) is 1. The highest BCUT2D eigenvalue weighted by Crippen LogP contribution is 2.43. The number of benzene rings is 6. The molecule has 0 aliphatic heterocycles. The molecule has 6 aromatic carbocycles. The number of aromatic nitrogens is 4. The highest BCUT2D eigenvalue weighted by molar-refractivity contribution is 5.85. The van der Waals surface area contributed by atoms with E-state index in [9.17, 15) is 4.79 Å². The van der Waals surface area contributed by atoms with Crippen LogP contribution in [0.5, 0.6) is 11.5 Å². The molecule has 0 bridgehead atoms. The van der Waals surface area contributed by atoms with Gasteiger partial charge in [-0.2, -0.15) is 0 Å². The Balaban J connectivity index is 1.16. The van der Waals surface area contributed by atoms with Crippen LogP contribution in [0.3, 0.4) is 0 Å². The Bertz CT molecular complexity index is 2470. The van der Waals surface area contributed by atoms with Crippen molar-refractivity contribution in [3.8, 4) is 11.5 Å². The van der Waals surface area contributed by atoms with E-state index in [2.05, 4.69) is 71.0 Å². The topological polar surface area (TPSA) is 100 Å². The molecule has 0 spiro atoms. The quantitative estimate of drug-likeness (QED) is 0.0768. The first-order chi connectivity index (χ1) is 28.6. The Morgan fingerprint density at radius 2 is 1.03 bits per heavy atom. The van der Waals surface area contributed by atoms with E-state index in [4.69, 9.17) is 24.2 Å². The molecule has 1 atom stereocenters. The molecule has 1 unspecified atom stereocenters. The summed E-state index contributed by atoms with van der Waals surface area (Å²) in [5.41, 5.74) is 5.00. The molecule has 0 amide bonds. The van der Waals surface area contributed by atoms with Gasteiger partial charge in [-0.05, 0) is 64.1 Å². The lowest BCUT2D eigenvalue weighted by molar-refractivity contribution is -0.111. The number of ether oxygens (including phenoxy) is 3. The van der Waals surface area contributed by atoms with E-state index in [1.54, 1.807) is 25.1 Å². The summed E-state index contributed by atoms with van der Waals surface area (Å²) in [6.45, 7) is 0.234. The number of hydrogen-bond acceptors (Lipinski definition) is 8. The summed E-state index contributed by atoms with van der Waals surface area (Å²) in [5, 5.41) is 3.83. The monoisotopic (exact) mass is 765 g/mol. The first-order valence-electron chi connectivity index (χ1n) is 19.2. The van der Waals surface area contributed by atoms with Crippen LogP contribution in [0.1, 0.15) is 45.8 Å². The van der Waals surface area contributed by atoms with Gasteiger partial charge in [-0.3, -0.25) is 0 Å². The largest absolute Gasteiger partial charge is 0.497 e. The standard InChI is InChI=1S/C49H43N5O4/c1-56-43-27-23-38(24-28-43)48(36-15-7-3-8-16-36,37-17-9-4-10-18-37)53-46-45-47(51-34-50-46)54(35-52-45)42(33-55)31-32-58-49(39-19-11-5-12-20-39,40-21-13-6-14-22-40)41-25-29-44(57-2)30-26-41/h3-30,33-35,42H,31-32H2,1-2H3,(H,50,51,53). The first kappa shape index (κ1) is 37.8.